The molecule has 2 fully saturated rings. The molecule has 2 aromatic rings. The number of rotatable bonds is 4. The molecule has 2 aromatic carbocycles. The minimum Gasteiger partial charge on any atom is -0.378 e. The van der Waals surface area contributed by atoms with Crippen LogP contribution < -0.4 is 16.0 Å². The average Bonchev–Trinajstić information content (AvgIpc) is 3.33. The molecular formula is C27H31F3N4O2. The zero-order valence-corrected chi connectivity index (χ0v) is 19.9. The standard InChI is InChI=1S/C27H31F3N4O2/c28-27(29,30)16-31-26(36)33-22-13-7-5-11-19(22)25(35)34-15-14-20-23(17-8-2-1-3-9-17)32-21-12-6-4-10-18(21)24(20)34/h1-4,6,8-10,12,19-20,22-24,32H,5,7,11,13-16H2,(H2,31,33,36). The van der Waals surface area contributed by atoms with Crippen LogP contribution in [-0.2, 0) is 4.79 Å². The molecule has 192 valence electrons. The van der Waals surface area contributed by atoms with Gasteiger partial charge in [-0.05, 0) is 36.5 Å². The Kier molecular flexibility index (Phi) is 6.81. The Balaban J connectivity index is 1.37. The van der Waals surface area contributed by atoms with Crippen molar-refractivity contribution in [2.45, 2.75) is 56.4 Å². The number of likely N-dealkylation sites (tertiary alicyclic amines) is 1. The molecule has 0 bridgehead atoms. The van der Waals surface area contributed by atoms with E-state index in [1.165, 1.54) is 5.56 Å². The van der Waals surface area contributed by atoms with Crippen molar-refractivity contribution in [3.8, 4) is 0 Å². The predicted octanol–water partition coefficient (Wildman–Crippen LogP) is 5.16. The second kappa shape index (κ2) is 10.0. The van der Waals surface area contributed by atoms with E-state index in [0.29, 0.717) is 19.4 Å². The minimum atomic E-state index is -4.48. The quantitative estimate of drug-likeness (QED) is 0.543. The molecule has 5 unspecified atom stereocenters. The summed E-state index contributed by atoms with van der Waals surface area (Å²) in [6.45, 7) is -0.790. The lowest BCUT2D eigenvalue weighted by Gasteiger charge is -2.42. The first kappa shape index (κ1) is 24.5. The fraction of sp³-hybridized carbons (Fsp3) is 0.481. The highest BCUT2D eigenvalue weighted by molar-refractivity contribution is 5.82. The third-order valence-electron chi connectivity index (χ3n) is 7.75. The summed E-state index contributed by atoms with van der Waals surface area (Å²) in [7, 11) is 0. The molecule has 0 radical (unpaired) electrons. The number of hydrogen-bond donors (Lipinski definition) is 3. The molecule has 1 saturated heterocycles. The van der Waals surface area contributed by atoms with Crippen LogP contribution in [0.2, 0.25) is 0 Å². The van der Waals surface area contributed by atoms with E-state index in [0.717, 1.165) is 30.5 Å². The van der Waals surface area contributed by atoms with Gasteiger partial charge in [-0.2, -0.15) is 13.2 Å². The van der Waals surface area contributed by atoms with Gasteiger partial charge in [0, 0.05) is 24.2 Å². The molecule has 3 aliphatic rings. The van der Waals surface area contributed by atoms with Crippen molar-refractivity contribution in [2.24, 2.45) is 11.8 Å². The largest absolute Gasteiger partial charge is 0.405 e. The Morgan fingerprint density at radius 1 is 0.972 bits per heavy atom. The smallest absolute Gasteiger partial charge is 0.378 e. The van der Waals surface area contributed by atoms with Gasteiger partial charge in [0.1, 0.15) is 6.54 Å². The van der Waals surface area contributed by atoms with Gasteiger partial charge in [0.05, 0.1) is 18.0 Å². The summed E-state index contributed by atoms with van der Waals surface area (Å²) in [5.74, 6) is -0.283. The molecular weight excluding hydrogens is 469 g/mol. The van der Waals surface area contributed by atoms with Crippen LogP contribution in [0.15, 0.2) is 54.6 Å². The Hall–Kier alpha value is -3.23. The molecule has 5 rings (SSSR count). The summed E-state index contributed by atoms with van der Waals surface area (Å²) >= 11 is 0. The van der Waals surface area contributed by atoms with Gasteiger partial charge in [-0.1, -0.05) is 61.4 Å². The monoisotopic (exact) mass is 500 g/mol. The van der Waals surface area contributed by atoms with Gasteiger partial charge in [0.25, 0.3) is 0 Å². The lowest BCUT2D eigenvalue weighted by Crippen LogP contribution is -2.53. The van der Waals surface area contributed by atoms with Gasteiger partial charge in [-0.15, -0.1) is 0 Å². The Bertz CT molecular complexity index is 1090. The highest BCUT2D eigenvalue weighted by atomic mass is 19.4. The lowest BCUT2D eigenvalue weighted by atomic mass is 9.79. The van der Waals surface area contributed by atoms with E-state index in [2.05, 4.69) is 28.8 Å². The number of fused-ring (bicyclic) bond motifs is 3. The number of anilines is 1. The summed E-state index contributed by atoms with van der Waals surface area (Å²) < 4.78 is 37.6. The zero-order chi connectivity index (χ0) is 25.3. The molecule has 3 N–H and O–H groups in total. The van der Waals surface area contributed by atoms with Crippen LogP contribution in [0.3, 0.4) is 0 Å². The van der Waals surface area contributed by atoms with Crippen molar-refractivity contribution >= 4 is 17.6 Å². The van der Waals surface area contributed by atoms with E-state index in [1.807, 2.05) is 46.6 Å². The number of carbonyl (C=O) groups excluding carboxylic acids is 2. The Morgan fingerprint density at radius 2 is 1.69 bits per heavy atom. The van der Waals surface area contributed by atoms with Crippen molar-refractivity contribution in [3.63, 3.8) is 0 Å². The number of nitrogens with zero attached hydrogens (tertiary/aromatic N) is 1. The van der Waals surface area contributed by atoms with E-state index in [1.54, 1.807) is 0 Å². The second-order valence-corrected chi connectivity index (χ2v) is 9.99. The van der Waals surface area contributed by atoms with E-state index in [-0.39, 0.29) is 23.9 Å². The molecule has 2 aliphatic heterocycles. The Labute approximate surface area is 208 Å². The van der Waals surface area contributed by atoms with Crippen LogP contribution in [-0.4, -0.2) is 42.1 Å². The molecule has 1 aliphatic carbocycles. The normalized spacial score (nSPS) is 27.4. The fourth-order valence-electron chi connectivity index (χ4n) is 6.17. The minimum absolute atomic E-state index is 0.0214. The number of hydrogen-bond acceptors (Lipinski definition) is 3. The Morgan fingerprint density at radius 3 is 2.47 bits per heavy atom. The molecule has 2 heterocycles. The van der Waals surface area contributed by atoms with Crippen molar-refractivity contribution in [1.82, 2.24) is 15.5 Å². The van der Waals surface area contributed by atoms with Crippen LogP contribution in [0, 0.1) is 11.8 Å². The zero-order valence-electron chi connectivity index (χ0n) is 19.9. The third kappa shape index (κ3) is 5.01. The van der Waals surface area contributed by atoms with E-state index in [4.69, 9.17) is 0 Å². The molecule has 6 nitrogen and oxygen atoms in total. The molecule has 1 saturated carbocycles. The summed E-state index contributed by atoms with van der Waals surface area (Å²) in [6.07, 6.45) is -0.786. The van der Waals surface area contributed by atoms with Crippen molar-refractivity contribution in [3.05, 3.63) is 65.7 Å². The summed E-state index contributed by atoms with van der Waals surface area (Å²) in [5.41, 5.74) is 3.27. The first-order chi connectivity index (χ1) is 17.3. The van der Waals surface area contributed by atoms with Crippen LogP contribution in [0.5, 0.6) is 0 Å². The molecule has 9 heteroatoms. The van der Waals surface area contributed by atoms with Gasteiger partial charge in [0.2, 0.25) is 5.91 Å². The van der Waals surface area contributed by atoms with Crippen molar-refractivity contribution in [1.29, 1.82) is 0 Å². The first-order valence-corrected chi connectivity index (χ1v) is 12.6. The van der Waals surface area contributed by atoms with Crippen LogP contribution >= 0.6 is 0 Å². The number of para-hydroxylation sites is 1. The maximum absolute atomic E-state index is 14.0. The van der Waals surface area contributed by atoms with Gasteiger partial charge in [-0.25, -0.2) is 4.79 Å². The van der Waals surface area contributed by atoms with Crippen molar-refractivity contribution in [2.75, 3.05) is 18.4 Å². The number of nitrogens with one attached hydrogen (secondary N) is 3. The highest BCUT2D eigenvalue weighted by Gasteiger charge is 2.48. The third-order valence-corrected chi connectivity index (χ3v) is 7.75. The summed E-state index contributed by atoms with van der Waals surface area (Å²) in [5, 5.41) is 8.22. The SMILES string of the molecule is O=C(NCC(F)(F)F)NC1CCCCC1C(=O)N1CCC2C(c3ccccc3)Nc3ccccc3C21. The number of carbonyl (C=O) groups is 2. The molecule has 5 atom stereocenters. The van der Waals surface area contributed by atoms with Gasteiger partial charge < -0.3 is 20.9 Å². The number of benzene rings is 2. The summed E-state index contributed by atoms with van der Waals surface area (Å²) in [6, 6.07) is 16.9. The summed E-state index contributed by atoms with van der Waals surface area (Å²) in [4.78, 5) is 28.1. The molecule has 0 aromatic heterocycles. The highest BCUT2D eigenvalue weighted by Crippen LogP contribution is 2.51. The number of amides is 3. The number of alkyl halides is 3. The van der Waals surface area contributed by atoms with Gasteiger partial charge in [-0.3, -0.25) is 4.79 Å². The van der Waals surface area contributed by atoms with Gasteiger partial charge in [0.15, 0.2) is 0 Å². The van der Waals surface area contributed by atoms with Crippen molar-refractivity contribution < 1.29 is 22.8 Å². The van der Waals surface area contributed by atoms with E-state index >= 15 is 0 Å². The maximum atomic E-state index is 14.0. The van der Waals surface area contributed by atoms with Gasteiger partial charge >= 0.3 is 12.2 Å². The molecule has 36 heavy (non-hydrogen) atoms. The topological polar surface area (TPSA) is 73.5 Å². The first-order valence-electron chi connectivity index (χ1n) is 12.6. The maximum Gasteiger partial charge on any atom is 0.405 e. The fourth-order valence-corrected chi connectivity index (χ4v) is 6.17. The lowest BCUT2D eigenvalue weighted by molar-refractivity contribution is -0.139. The van der Waals surface area contributed by atoms with Crippen LogP contribution in [0.1, 0.15) is 55.3 Å². The number of urea groups is 1. The van der Waals surface area contributed by atoms with Crippen LogP contribution in [0.4, 0.5) is 23.7 Å². The second-order valence-electron chi connectivity index (χ2n) is 9.99. The molecule has 3 amide bonds. The number of halogens is 3. The van der Waals surface area contributed by atoms with E-state index in [9.17, 15) is 22.8 Å². The average molecular weight is 501 g/mol. The molecule has 0 spiro atoms. The van der Waals surface area contributed by atoms with Crippen LogP contribution in [0.25, 0.3) is 0 Å². The van der Waals surface area contributed by atoms with E-state index < -0.39 is 30.7 Å². The predicted molar refractivity (Wildman–Crippen MR) is 130 cm³/mol.